The van der Waals surface area contributed by atoms with E-state index in [1.165, 1.54) is 4.90 Å². The molecule has 0 amide bonds. The number of aliphatic carboxylic acids is 1. The fourth-order valence-electron chi connectivity index (χ4n) is 1.55. The maximum absolute atomic E-state index is 11.9. The van der Waals surface area contributed by atoms with Gasteiger partial charge in [0.25, 0.3) is 6.43 Å². The predicted molar refractivity (Wildman–Crippen MR) is 44.4 cm³/mol. The third-order valence-corrected chi connectivity index (χ3v) is 2.06. The first-order valence-corrected chi connectivity index (χ1v) is 4.27. The Labute approximate surface area is 80.4 Å². The molecular formula is C8H13F2NO3. The average Bonchev–Trinajstić information content (AvgIpc) is 1.97. The van der Waals surface area contributed by atoms with Gasteiger partial charge in [-0.15, -0.1) is 0 Å². The van der Waals surface area contributed by atoms with Crippen LogP contribution < -0.4 is 0 Å². The number of ether oxygens (including phenoxy) is 1. The van der Waals surface area contributed by atoms with Crippen molar-refractivity contribution < 1.29 is 23.4 Å². The monoisotopic (exact) mass is 209 g/mol. The fraction of sp³-hybridized carbons (Fsp3) is 0.875. The Morgan fingerprint density at radius 1 is 1.64 bits per heavy atom. The summed E-state index contributed by atoms with van der Waals surface area (Å²) in [5, 5.41) is 8.35. The summed E-state index contributed by atoms with van der Waals surface area (Å²) in [6.07, 6.45) is -2.35. The van der Waals surface area contributed by atoms with Gasteiger partial charge in [0.05, 0.1) is 12.1 Å². The van der Waals surface area contributed by atoms with Crippen molar-refractivity contribution in [3.05, 3.63) is 0 Å². The minimum Gasteiger partial charge on any atom is -0.480 e. The first-order chi connectivity index (χ1) is 6.41. The molecule has 6 heteroatoms. The Kier molecular flexibility index (Phi) is 3.38. The second-order valence-corrected chi connectivity index (χ2v) is 3.69. The van der Waals surface area contributed by atoms with Crippen molar-refractivity contribution in [2.45, 2.75) is 19.0 Å². The van der Waals surface area contributed by atoms with E-state index in [4.69, 9.17) is 9.84 Å². The number of carboxylic acids is 1. The van der Waals surface area contributed by atoms with Crippen molar-refractivity contribution in [3.8, 4) is 0 Å². The topological polar surface area (TPSA) is 49.8 Å². The van der Waals surface area contributed by atoms with Crippen LogP contribution in [0.1, 0.15) is 6.92 Å². The molecule has 0 aromatic heterocycles. The van der Waals surface area contributed by atoms with E-state index in [2.05, 4.69) is 0 Å². The molecular weight excluding hydrogens is 196 g/mol. The molecule has 0 radical (unpaired) electrons. The third kappa shape index (κ3) is 3.19. The molecule has 1 fully saturated rings. The predicted octanol–water partition coefficient (Wildman–Crippen LogP) is 0.427. The van der Waals surface area contributed by atoms with E-state index in [0.717, 1.165) is 0 Å². The number of hydrogen-bond acceptors (Lipinski definition) is 3. The number of carbonyl (C=O) groups is 1. The van der Waals surface area contributed by atoms with Gasteiger partial charge in [-0.3, -0.25) is 4.90 Å². The maximum atomic E-state index is 11.9. The molecule has 4 nitrogen and oxygen atoms in total. The van der Waals surface area contributed by atoms with Crippen LogP contribution in [0, 0.1) is 0 Å². The summed E-state index contributed by atoms with van der Waals surface area (Å²) in [6.45, 7) is 1.80. The zero-order valence-electron chi connectivity index (χ0n) is 7.87. The Morgan fingerprint density at radius 3 is 2.64 bits per heavy atom. The number of carboxylic acid groups (broad SMARTS) is 1. The first kappa shape index (κ1) is 11.3. The van der Waals surface area contributed by atoms with E-state index in [0.29, 0.717) is 13.1 Å². The lowest BCUT2D eigenvalue weighted by Crippen LogP contribution is -2.62. The Morgan fingerprint density at radius 2 is 2.21 bits per heavy atom. The molecule has 0 saturated carbocycles. The van der Waals surface area contributed by atoms with Crippen molar-refractivity contribution in [2.24, 2.45) is 0 Å². The van der Waals surface area contributed by atoms with Gasteiger partial charge in [0, 0.05) is 13.1 Å². The molecule has 0 atom stereocenters. The van der Waals surface area contributed by atoms with Crippen LogP contribution in [0.5, 0.6) is 0 Å². The zero-order valence-corrected chi connectivity index (χ0v) is 7.87. The van der Waals surface area contributed by atoms with Crippen molar-refractivity contribution in [2.75, 3.05) is 26.2 Å². The lowest BCUT2D eigenvalue weighted by atomic mass is 9.96. The number of alkyl halides is 2. The smallest absolute Gasteiger partial charge is 0.329 e. The van der Waals surface area contributed by atoms with Crippen LogP contribution >= 0.6 is 0 Å². The summed E-state index contributed by atoms with van der Waals surface area (Å²) in [7, 11) is 0. The van der Waals surface area contributed by atoms with Crippen molar-refractivity contribution in [1.82, 2.24) is 4.90 Å². The van der Waals surface area contributed by atoms with Crippen LogP contribution in [0.4, 0.5) is 8.78 Å². The largest absolute Gasteiger partial charge is 0.480 e. The molecule has 1 saturated heterocycles. The number of rotatable bonds is 5. The highest BCUT2D eigenvalue weighted by atomic mass is 19.3. The maximum Gasteiger partial charge on any atom is 0.329 e. The van der Waals surface area contributed by atoms with E-state index in [9.17, 15) is 13.6 Å². The van der Waals surface area contributed by atoms with E-state index in [-0.39, 0.29) is 13.2 Å². The summed E-state index contributed by atoms with van der Waals surface area (Å²) in [5.41, 5.74) is -0.576. The standard InChI is InChI=1S/C8H13F2NO3/c1-8(14-3-7(12)13)4-11(5-8)2-6(9)10/h6H,2-5H2,1H3,(H,12,13). The molecule has 1 aliphatic rings. The van der Waals surface area contributed by atoms with Crippen molar-refractivity contribution >= 4 is 5.97 Å². The Bertz CT molecular complexity index is 217. The van der Waals surface area contributed by atoms with Gasteiger partial charge in [-0.05, 0) is 6.92 Å². The lowest BCUT2D eigenvalue weighted by Gasteiger charge is -2.47. The van der Waals surface area contributed by atoms with Gasteiger partial charge < -0.3 is 9.84 Å². The first-order valence-electron chi connectivity index (χ1n) is 4.27. The Balaban J connectivity index is 2.20. The van der Waals surface area contributed by atoms with Gasteiger partial charge in [-0.2, -0.15) is 0 Å². The van der Waals surface area contributed by atoms with E-state index >= 15 is 0 Å². The highest BCUT2D eigenvalue weighted by Gasteiger charge is 2.40. The molecule has 0 bridgehead atoms. The molecule has 0 aromatic carbocycles. The number of likely N-dealkylation sites (tertiary alicyclic amines) is 1. The lowest BCUT2D eigenvalue weighted by molar-refractivity contribution is -0.167. The molecule has 1 rings (SSSR count). The zero-order chi connectivity index (χ0) is 10.8. The molecule has 1 aliphatic heterocycles. The van der Waals surface area contributed by atoms with E-state index in [1.54, 1.807) is 6.92 Å². The summed E-state index contributed by atoms with van der Waals surface area (Å²) in [5.74, 6) is -1.04. The van der Waals surface area contributed by atoms with Gasteiger partial charge in [-0.25, -0.2) is 13.6 Å². The van der Waals surface area contributed by atoms with Crippen LogP contribution in [-0.4, -0.2) is 54.2 Å². The fourth-order valence-corrected chi connectivity index (χ4v) is 1.55. The minimum absolute atomic E-state index is 0.272. The Hall–Kier alpha value is -0.750. The minimum atomic E-state index is -2.35. The van der Waals surface area contributed by atoms with Gasteiger partial charge in [0.2, 0.25) is 0 Å². The number of hydrogen-bond donors (Lipinski definition) is 1. The van der Waals surface area contributed by atoms with Gasteiger partial charge in [-0.1, -0.05) is 0 Å². The molecule has 0 unspecified atom stereocenters. The highest BCUT2D eigenvalue weighted by molar-refractivity contribution is 5.68. The summed E-state index contributed by atoms with van der Waals surface area (Å²) < 4.78 is 28.8. The van der Waals surface area contributed by atoms with Gasteiger partial charge in [0.15, 0.2) is 0 Å². The summed E-state index contributed by atoms with van der Waals surface area (Å²) in [6, 6.07) is 0. The van der Waals surface area contributed by atoms with Gasteiger partial charge >= 0.3 is 5.97 Å². The van der Waals surface area contributed by atoms with Gasteiger partial charge in [0.1, 0.15) is 6.61 Å². The van der Waals surface area contributed by atoms with E-state index < -0.39 is 18.0 Å². The van der Waals surface area contributed by atoms with Crippen LogP contribution in [-0.2, 0) is 9.53 Å². The second-order valence-electron chi connectivity index (χ2n) is 3.69. The molecule has 0 spiro atoms. The number of halogens is 2. The molecule has 14 heavy (non-hydrogen) atoms. The SMILES string of the molecule is CC1(OCC(=O)O)CN(CC(F)F)C1. The highest BCUT2D eigenvalue weighted by Crippen LogP contribution is 2.24. The molecule has 0 aliphatic carbocycles. The van der Waals surface area contributed by atoms with Crippen molar-refractivity contribution in [3.63, 3.8) is 0 Å². The van der Waals surface area contributed by atoms with E-state index in [1.807, 2.05) is 0 Å². The van der Waals surface area contributed by atoms with Crippen LogP contribution in [0.2, 0.25) is 0 Å². The molecule has 82 valence electrons. The molecule has 1 heterocycles. The normalized spacial score (nSPS) is 20.9. The van der Waals surface area contributed by atoms with Crippen LogP contribution in [0.25, 0.3) is 0 Å². The summed E-state index contributed by atoms with van der Waals surface area (Å²) in [4.78, 5) is 11.7. The quantitative estimate of drug-likeness (QED) is 0.713. The van der Waals surface area contributed by atoms with Crippen LogP contribution in [0.3, 0.4) is 0 Å². The molecule has 1 N–H and O–H groups in total. The average molecular weight is 209 g/mol. The third-order valence-electron chi connectivity index (χ3n) is 2.06. The summed E-state index contributed by atoms with van der Waals surface area (Å²) >= 11 is 0. The molecule has 0 aromatic rings. The van der Waals surface area contributed by atoms with Crippen LogP contribution in [0.15, 0.2) is 0 Å². The number of nitrogens with zero attached hydrogens (tertiary/aromatic N) is 1. The van der Waals surface area contributed by atoms with Crippen molar-refractivity contribution in [1.29, 1.82) is 0 Å². The second kappa shape index (κ2) is 4.18.